The van der Waals surface area contributed by atoms with Gasteiger partial charge in [0, 0.05) is 0 Å². The topological polar surface area (TPSA) is 64.9 Å². The maximum atomic E-state index is 12.0. The average molecular weight is 237 g/mol. The van der Waals surface area contributed by atoms with Crippen LogP contribution < -0.4 is 5.73 Å². The first-order valence-corrected chi connectivity index (χ1v) is 4.93. The maximum Gasteiger partial charge on any atom is 0.396 e. The zero-order chi connectivity index (χ0) is 12.4. The quantitative estimate of drug-likeness (QED) is 0.871. The van der Waals surface area contributed by atoms with Gasteiger partial charge in [0.25, 0.3) is 0 Å². The van der Waals surface area contributed by atoms with Gasteiger partial charge in [0.1, 0.15) is 6.42 Å². The summed E-state index contributed by atoms with van der Waals surface area (Å²) >= 11 is 0. The van der Waals surface area contributed by atoms with Gasteiger partial charge >= 0.3 is 6.18 Å². The second-order valence-corrected chi connectivity index (χ2v) is 3.98. The highest BCUT2D eigenvalue weighted by molar-refractivity contribution is 5.00. The molecule has 0 radical (unpaired) electrons. The molecule has 1 rings (SSSR count). The standard InChI is InChI=1S/C9H14F3N3O/c1-3-4-8(2,13)7-14-6(15-16-7)5-9(10,11)12/h3-5,13H2,1-2H3. The number of alkyl halides is 3. The molecule has 0 saturated heterocycles. The third-order valence-corrected chi connectivity index (χ3v) is 2.08. The fourth-order valence-corrected chi connectivity index (χ4v) is 1.36. The van der Waals surface area contributed by atoms with E-state index in [-0.39, 0.29) is 11.7 Å². The third-order valence-electron chi connectivity index (χ3n) is 2.08. The van der Waals surface area contributed by atoms with Crippen molar-refractivity contribution in [3.63, 3.8) is 0 Å². The molecule has 0 aliphatic rings. The Morgan fingerprint density at radius 3 is 2.50 bits per heavy atom. The molecule has 1 aromatic rings. The zero-order valence-corrected chi connectivity index (χ0v) is 9.14. The van der Waals surface area contributed by atoms with Crippen LogP contribution >= 0.6 is 0 Å². The number of halogens is 3. The first-order valence-electron chi connectivity index (χ1n) is 4.93. The van der Waals surface area contributed by atoms with Gasteiger partial charge in [-0.2, -0.15) is 18.2 Å². The summed E-state index contributed by atoms with van der Waals surface area (Å²) in [5.41, 5.74) is 4.98. The molecule has 0 aliphatic carbocycles. The Kier molecular flexibility index (Phi) is 3.57. The lowest BCUT2D eigenvalue weighted by molar-refractivity contribution is -0.128. The van der Waals surface area contributed by atoms with Crippen LogP contribution in [-0.4, -0.2) is 16.3 Å². The highest BCUT2D eigenvalue weighted by atomic mass is 19.4. The minimum Gasteiger partial charge on any atom is -0.337 e. The van der Waals surface area contributed by atoms with E-state index in [2.05, 4.69) is 10.1 Å². The van der Waals surface area contributed by atoms with Crippen molar-refractivity contribution < 1.29 is 17.7 Å². The molecule has 1 unspecified atom stereocenters. The van der Waals surface area contributed by atoms with Crippen molar-refractivity contribution in [2.45, 2.75) is 44.8 Å². The van der Waals surface area contributed by atoms with Crippen LogP contribution in [0.15, 0.2) is 4.52 Å². The van der Waals surface area contributed by atoms with Crippen LogP contribution in [0.3, 0.4) is 0 Å². The summed E-state index contributed by atoms with van der Waals surface area (Å²) in [6.45, 7) is 3.57. The van der Waals surface area contributed by atoms with E-state index in [9.17, 15) is 13.2 Å². The Morgan fingerprint density at radius 2 is 2.00 bits per heavy atom. The summed E-state index contributed by atoms with van der Waals surface area (Å²) in [6.07, 6.45) is -4.18. The Balaban J connectivity index is 2.79. The molecule has 1 atom stereocenters. The van der Waals surface area contributed by atoms with E-state index >= 15 is 0 Å². The summed E-state index contributed by atoms with van der Waals surface area (Å²) in [5, 5.41) is 3.26. The molecule has 7 heteroatoms. The molecule has 0 aliphatic heterocycles. The Morgan fingerprint density at radius 1 is 1.38 bits per heavy atom. The molecule has 0 aromatic carbocycles. The van der Waals surface area contributed by atoms with Crippen molar-refractivity contribution in [1.82, 2.24) is 10.1 Å². The highest BCUT2D eigenvalue weighted by Gasteiger charge is 2.33. The molecular weight excluding hydrogens is 223 g/mol. The first-order chi connectivity index (χ1) is 7.24. The van der Waals surface area contributed by atoms with E-state index in [1.54, 1.807) is 6.92 Å². The van der Waals surface area contributed by atoms with Crippen LogP contribution in [0, 0.1) is 0 Å². The predicted molar refractivity (Wildman–Crippen MR) is 50.5 cm³/mol. The highest BCUT2D eigenvalue weighted by Crippen LogP contribution is 2.24. The van der Waals surface area contributed by atoms with Crippen LogP contribution in [0.5, 0.6) is 0 Å². The lowest BCUT2D eigenvalue weighted by Gasteiger charge is -2.18. The molecule has 0 spiro atoms. The number of rotatable bonds is 4. The van der Waals surface area contributed by atoms with Crippen molar-refractivity contribution >= 4 is 0 Å². The number of nitrogens with zero attached hydrogens (tertiary/aromatic N) is 2. The third kappa shape index (κ3) is 3.48. The molecule has 0 bridgehead atoms. The molecule has 1 aromatic heterocycles. The van der Waals surface area contributed by atoms with Gasteiger partial charge in [0.2, 0.25) is 5.89 Å². The molecule has 4 nitrogen and oxygen atoms in total. The predicted octanol–water partition coefficient (Wildman–Crippen LogP) is 2.15. The van der Waals surface area contributed by atoms with Crippen molar-refractivity contribution in [3.8, 4) is 0 Å². The van der Waals surface area contributed by atoms with E-state index in [0.29, 0.717) is 6.42 Å². The Bertz CT molecular complexity index is 346. The zero-order valence-electron chi connectivity index (χ0n) is 9.14. The van der Waals surface area contributed by atoms with Crippen molar-refractivity contribution in [1.29, 1.82) is 0 Å². The fourth-order valence-electron chi connectivity index (χ4n) is 1.36. The molecule has 0 fully saturated rings. The van der Waals surface area contributed by atoms with Crippen molar-refractivity contribution in [3.05, 3.63) is 11.7 Å². The SMILES string of the molecule is CCCC(C)(N)c1nc(CC(F)(F)F)no1. The van der Waals surface area contributed by atoms with Crippen LogP contribution in [0.2, 0.25) is 0 Å². The van der Waals surface area contributed by atoms with Crippen LogP contribution in [-0.2, 0) is 12.0 Å². The second-order valence-electron chi connectivity index (χ2n) is 3.98. The van der Waals surface area contributed by atoms with E-state index in [1.807, 2.05) is 6.92 Å². The van der Waals surface area contributed by atoms with E-state index < -0.39 is 18.1 Å². The first kappa shape index (κ1) is 13.0. The maximum absolute atomic E-state index is 12.0. The number of nitrogens with two attached hydrogens (primary N) is 1. The normalized spacial score (nSPS) is 16.1. The summed E-state index contributed by atoms with van der Waals surface area (Å²) in [5.74, 6) is -0.330. The number of aromatic nitrogens is 2. The molecule has 0 saturated carbocycles. The smallest absolute Gasteiger partial charge is 0.337 e. The molecule has 16 heavy (non-hydrogen) atoms. The van der Waals surface area contributed by atoms with Crippen LogP contribution in [0.4, 0.5) is 13.2 Å². The van der Waals surface area contributed by atoms with Gasteiger partial charge in [-0.3, -0.25) is 0 Å². The van der Waals surface area contributed by atoms with Crippen molar-refractivity contribution in [2.24, 2.45) is 5.73 Å². The second kappa shape index (κ2) is 4.40. The van der Waals surface area contributed by atoms with Crippen LogP contribution in [0.1, 0.15) is 38.4 Å². The van der Waals surface area contributed by atoms with Crippen molar-refractivity contribution in [2.75, 3.05) is 0 Å². The minimum atomic E-state index is -4.34. The summed E-state index contributed by atoms with van der Waals surface area (Å²) < 4.78 is 40.9. The van der Waals surface area contributed by atoms with E-state index in [0.717, 1.165) is 6.42 Å². The number of hydrogen-bond acceptors (Lipinski definition) is 4. The Hall–Kier alpha value is -1.11. The van der Waals surface area contributed by atoms with Crippen LogP contribution in [0.25, 0.3) is 0 Å². The van der Waals surface area contributed by atoms with Gasteiger partial charge in [-0.1, -0.05) is 18.5 Å². The largest absolute Gasteiger partial charge is 0.396 e. The summed E-state index contributed by atoms with van der Waals surface area (Å²) in [4.78, 5) is 3.66. The molecular formula is C9H14F3N3O. The van der Waals surface area contributed by atoms with Gasteiger partial charge in [-0.15, -0.1) is 0 Å². The lowest BCUT2D eigenvalue weighted by atomic mass is 9.98. The van der Waals surface area contributed by atoms with Gasteiger partial charge < -0.3 is 10.3 Å². The van der Waals surface area contributed by atoms with E-state index in [1.165, 1.54) is 0 Å². The molecule has 1 heterocycles. The molecule has 92 valence electrons. The van der Waals surface area contributed by atoms with Gasteiger partial charge in [0.05, 0.1) is 5.54 Å². The van der Waals surface area contributed by atoms with Gasteiger partial charge in [0.15, 0.2) is 5.82 Å². The monoisotopic (exact) mass is 237 g/mol. The fraction of sp³-hybridized carbons (Fsp3) is 0.778. The van der Waals surface area contributed by atoms with E-state index in [4.69, 9.17) is 10.3 Å². The average Bonchev–Trinajstić information content (AvgIpc) is 2.49. The summed E-state index contributed by atoms with van der Waals surface area (Å²) in [7, 11) is 0. The molecule has 2 N–H and O–H groups in total. The molecule has 0 amide bonds. The summed E-state index contributed by atoms with van der Waals surface area (Å²) in [6, 6.07) is 0. The lowest BCUT2D eigenvalue weighted by Crippen LogP contribution is -2.33. The number of hydrogen-bond donors (Lipinski definition) is 1. The minimum absolute atomic E-state index is 0.0496. The Labute approximate surface area is 91.0 Å². The van der Waals surface area contributed by atoms with Gasteiger partial charge in [-0.05, 0) is 13.3 Å². The van der Waals surface area contributed by atoms with Gasteiger partial charge in [-0.25, -0.2) is 0 Å².